The normalized spacial score (nSPS) is 20.0. The van der Waals surface area contributed by atoms with Crippen LogP contribution in [0.25, 0.3) is 0 Å². The number of fused-ring (bicyclic) bond motifs is 2. The average molecular weight is 1080 g/mol. The van der Waals surface area contributed by atoms with Crippen LogP contribution < -0.4 is 31.9 Å². The van der Waals surface area contributed by atoms with Crippen LogP contribution in [0, 0.1) is 10.8 Å². The summed E-state index contributed by atoms with van der Waals surface area (Å²) in [7, 11) is 3.36. The van der Waals surface area contributed by atoms with Gasteiger partial charge in [0.05, 0.1) is 24.2 Å². The van der Waals surface area contributed by atoms with Crippen LogP contribution in [0.3, 0.4) is 0 Å². The number of aryl methyl sites for hydroxylation is 1. The predicted molar refractivity (Wildman–Crippen MR) is 307 cm³/mol. The Morgan fingerprint density at radius 1 is 0.658 bits per heavy atom. The van der Waals surface area contributed by atoms with Crippen molar-refractivity contribution >= 4 is 41.4 Å². The molecule has 4 aromatic rings. The molecule has 9 unspecified atom stereocenters. The first-order valence-corrected chi connectivity index (χ1v) is 28.3. The van der Waals surface area contributed by atoms with Crippen LogP contribution in [0.2, 0.25) is 0 Å². The SMILES string of the molecule is CCCC(c1ccccc1)N(Cc1ccc(C(=O)NC2CC(C(=O)NC3CCCc4ccccc43)N(C(=O)C(NC(=O)C(C)NC)C(C)(C)C)C2)cc1)C(=O)C1Cc2ccccc2CN1C(=O)C(NC(=O)C(C)NC)C(C)(C)C. The Hall–Kier alpha value is -6.91. The predicted octanol–water partition coefficient (Wildman–Crippen LogP) is 6.68. The molecule has 1 aliphatic carbocycles. The first kappa shape index (κ1) is 59.7. The molecule has 16 heteroatoms. The monoisotopic (exact) mass is 1080 g/mol. The van der Waals surface area contributed by atoms with Crippen LogP contribution in [0.1, 0.15) is 150 Å². The van der Waals surface area contributed by atoms with Crippen molar-refractivity contribution in [3.8, 4) is 0 Å². The van der Waals surface area contributed by atoms with Gasteiger partial charge in [-0.05, 0) is 116 Å². The fraction of sp³-hybridized carbons (Fsp3) is 0.508. The number of nitrogens with one attached hydrogen (secondary N) is 6. The van der Waals surface area contributed by atoms with Gasteiger partial charge in [0, 0.05) is 37.7 Å². The molecule has 424 valence electrons. The summed E-state index contributed by atoms with van der Waals surface area (Å²) in [4.78, 5) is 106. The first-order valence-electron chi connectivity index (χ1n) is 28.3. The molecule has 0 aromatic heterocycles. The van der Waals surface area contributed by atoms with E-state index in [1.807, 2.05) is 131 Å². The number of carbonyl (C=O) groups is 7. The van der Waals surface area contributed by atoms with E-state index in [1.54, 1.807) is 45.0 Å². The fourth-order valence-electron chi connectivity index (χ4n) is 11.2. The molecule has 9 atom stereocenters. The molecular formula is C63H85N9O7. The number of amides is 7. The molecule has 7 amide bonds. The third-order valence-electron chi connectivity index (χ3n) is 16.2. The number of likely N-dealkylation sites (N-methyl/N-ethyl adjacent to an activating group) is 2. The lowest BCUT2D eigenvalue weighted by atomic mass is 9.84. The van der Waals surface area contributed by atoms with Crippen molar-refractivity contribution in [2.75, 3.05) is 20.6 Å². The van der Waals surface area contributed by atoms with Gasteiger partial charge in [-0.1, -0.05) is 146 Å². The summed E-state index contributed by atoms with van der Waals surface area (Å²) in [6.07, 6.45) is 4.42. The second kappa shape index (κ2) is 25.9. The lowest BCUT2D eigenvalue weighted by Crippen LogP contribution is -2.62. The molecule has 2 aliphatic heterocycles. The Bertz CT molecular complexity index is 2810. The summed E-state index contributed by atoms with van der Waals surface area (Å²) >= 11 is 0. The number of carbonyl (C=O) groups excluding carboxylic acids is 7. The van der Waals surface area contributed by atoms with Crippen LogP contribution in [0.15, 0.2) is 103 Å². The second-order valence-corrected chi connectivity index (χ2v) is 24.0. The van der Waals surface area contributed by atoms with Gasteiger partial charge in [-0.25, -0.2) is 0 Å². The maximum absolute atomic E-state index is 15.7. The molecule has 0 radical (unpaired) electrons. The Kier molecular flexibility index (Phi) is 19.6. The molecular weight excluding hydrogens is 995 g/mol. The molecule has 16 nitrogen and oxygen atoms in total. The quantitative estimate of drug-likeness (QED) is 0.0593. The van der Waals surface area contributed by atoms with Gasteiger partial charge >= 0.3 is 0 Å². The van der Waals surface area contributed by atoms with Crippen LogP contribution in [0.5, 0.6) is 0 Å². The summed E-state index contributed by atoms with van der Waals surface area (Å²) in [5.74, 6) is -2.35. The molecule has 2 heterocycles. The van der Waals surface area contributed by atoms with E-state index in [0.717, 1.165) is 53.5 Å². The van der Waals surface area contributed by atoms with E-state index in [9.17, 15) is 24.0 Å². The van der Waals surface area contributed by atoms with Crippen LogP contribution >= 0.6 is 0 Å². The molecule has 7 rings (SSSR count). The van der Waals surface area contributed by atoms with E-state index in [4.69, 9.17) is 0 Å². The van der Waals surface area contributed by atoms with Gasteiger partial charge in [0.2, 0.25) is 35.4 Å². The van der Waals surface area contributed by atoms with E-state index in [2.05, 4.69) is 44.9 Å². The zero-order chi connectivity index (χ0) is 57.3. The highest BCUT2D eigenvalue weighted by Crippen LogP contribution is 2.35. The highest BCUT2D eigenvalue weighted by molar-refractivity contribution is 5.97. The van der Waals surface area contributed by atoms with Gasteiger partial charge < -0.3 is 46.6 Å². The maximum Gasteiger partial charge on any atom is 0.251 e. The number of hydrogen-bond acceptors (Lipinski definition) is 9. The van der Waals surface area contributed by atoms with Crippen molar-refractivity contribution in [3.05, 3.63) is 142 Å². The summed E-state index contributed by atoms with van der Waals surface area (Å²) in [5.41, 5.74) is 4.81. The van der Waals surface area contributed by atoms with Crippen molar-refractivity contribution in [2.45, 2.75) is 175 Å². The second-order valence-electron chi connectivity index (χ2n) is 24.0. The summed E-state index contributed by atoms with van der Waals surface area (Å²) in [6.45, 7) is 17.3. The lowest BCUT2D eigenvalue weighted by Gasteiger charge is -2.44. The smallest absolute Gasteiger partial charge is 0.251 e. The fourth-order valence-corrected chi connectivity index (χ4v) is 11.2. The molecule has 6 N–H and O–H groups in total. The Morgan fingerprint density at radius 2 is 1.22 bits per heavy atom. The number of likely N-dealkylation sites (tertiary alicyclic amines) is 1. The number of hydrogen-bond donors (Lipinski definition) is 6. The first-order chi connectivity index (χ1) is 37.5. The highest BCUT2D eigenvalue weighted by atomic mass is 16.2. The van der Waals surface area contributed by atoms with Crippen LogP contribution in [-0.4, -0.2) is 119 Å². The minimum absolute atomic E-state index is 0.0461. The van der Waals surface area contributed by atoms with Gasteiger partial charge in [0.15, 0.2) is 0 Å². The van der Waals surface area contributed by atoms with E-state index in [-0.39, 0.29) is 74.1 Å². The Labute approximate surface area is 468 Å². The van der Waals surface area contributed by atoms with Gasteiger partial charge in [0.25, 0.3) is 5.91 Å². The molecule has 1 fully saturated rings. The van der Waals surface area contributed by atoms with E-state index < -0.39 is 64.9 Å². The standard InChI is InChI=1S/C63H85N9O7/c1-12-21-50(43-23-14-13-15-24-43)70(59(77)52-34-45-25-16-17-26-46(45)37-71(52)60(78)53(62(4,5)6)68-55(73)39(2)64-10)36-41-30-32-44(33-31-41)57(75)66-47-35-51(58(76)67-49-29-20-27-42-22-18-19-28-48(42)49)72(38-47)61(79)54(63(7,8)9)69-56(74)40(3)65-11/h13-19,22-26,28,30-33,39-40,47,49-54,64-65H,12,20-21,27,29,34-38H2,1-11H3,(H,66,75)(H,67,76)(H,68,73)(H,69,74). The van der Waals surface area contributed by atoms with Gasteiger partial charge in [-0.15, -0.1) is 0 Å². The average Bonchev–Trinajstić information content (AvgIpc) is 3.92. The zero-order valence-electron chi connectivity index (χ0n) is 48.3. The third kappa shape index (κ3) is 14.3. The highest BCUT2D eigenvalue weighted by Gasteiger charge is 2.47. The van der Waals surface area contributed by atoms with Crippen molar-refractivity contribution < 1.29 is 33.6 Å². The largest absolute Gasteiger partial charge is 0.347 e. The molecule has 79 heavy (non-hydrogen) atoms. The third-order valence-corrected chi connectivity index (χ3v) is 16.2. The number of rotatable bonds is 19. The summed E-state index contributed by atoms with van der Waals surface area (Å²) < 4.78 is 0. The van der Waals surface area contributed by atoms with Crippen molar-refractivity contribution in [3.63, 3.8) is 0 Å². The number of benzene rings is 4. The molecule has 0 saturated carbocycles. The van der Waals surface area contributed by atoms with E-state index >= 15 is 9.59 Å². The summed E-state index contributed by atoms with van der Waals surface area (Å²) in [6, 6.07) is 26.9. The maximum atomic E-state index is 15.7. The Balaban J connectivity index is 1.16. The van der Waals surface area contributed by atoms with E-state index in [1.165, 1.54) is 10.5 Å². The molecule has 0 spiro atoms. The summed E-state index contributed by atoms with van der Waals surface area (Å²) in [5, 5.41) is 18.3. The van der Waals surface area contributed by atoms with Crippen molar-refractivity contribution in [2.24, 2.45) is 10.8 Å². The molecule has 0 bridgehead atoms. The number of nitrogens with zero attached hydrogens (tertiary/aromatic N) is 3. The van der Waals surface area contributed by atoms with Crippen molar-refractivity contribution in [1.82, 2.24) is 46.6 Å². The lowest BCUT2D eigenvalue weighted by molar-refractivity contribution is -0.152. The van der Waals surface area contributed by atoms with Crippen LogP contribution in [0.4, 0.5) is 0 Å². The van der Waals surface area contributed by atoms with Gasteiger partial charge in [-0.3, -0.25) is 33.6 Å². The zero-order valence-corrected chi connectivity index (χ0v) is 48.3. The Morgan fingerprint density at radius 3 is 1.80 bits per heavy atom. The van der Waals surface area contributed by atoms with E-state index in [0.29, 0.717) is 12.0 Å². The van der Waals surface area contributed by atoms with Crippen molar-refractivity contribution in [1.29, 1.82) is 0 Å². The van der Waals surface area contributed by atoms with Crippen LogP contribution in [-0.2, 0) is 54.7 Å². The van der Waals surface area contributed by atoms with Gasteiger partial charge in [0.1, 0.15) is 24.2 Å². The molecule has 4 aromatic carbocycles. The molecule has 3 aliphatic rings. The van der Waals surface area contributed by atoms with Gasteiger partial charge in [-0.2, -0.15) is 0 Å². The molecule has 1 saturated heterocycles. The topological polar surface area (TPSA) is 201 Å². The minimum atomic E-state index is -0.966. The minimum Gasteiger partial charge on any atom is -0.347 e.